The van der Waals surface area contributed by atoms with Crippen molar-refractivity contribution in [2.45, 2.75) is 26.2 Å². The second-order valence-corrected chi connectivity index (χ2v) is 7.42. The summed E-state index contributed by atoms with van der Waals surface area (Å²) in [6, 6.07) is 10.4. The first kappa shape index (κ1) is 19.4. The number of ether oxygens (including phenoxy) is 2. The van der Waals surface area contributed by atoms with Crippen molar-refractivity contribution in [1.82, 2.24) is 0 Å². The van der Waals surface area contributed by atoms with Crippen LogP contribution in [0.25, 0.3) is 0 Å². The van der Waals surface area contributed by atoms with Crippen LogP contribution in [-0.2, 0) is 10.2 Å². The second kappa shape index (κ2) is 7.98. The summed E-state index contributed by atoms with van der Waals surface area (Å²) in [5.41, 5.74) is 1.30. The molecule has 0 aromatic heterocycles. The maximum absolute atomic E-state index is 12.2. The molecule has 1 amide bonds. The molecule has 0 spiro atoms. The van der Waals surface area contributed by atoms with Crippen LogP contribution in [0, 0.1) is 0 Å². The monoisotopic (exact) mass is 381 g/mol. The molecular formula is C19H21Cl2NO3. The number of amides is 1. The lowest BCUT2D eigenvalue weighted by atomic mass is 9.86. The highest BCUT2D eigenvalue weighted by Crippen LogP contribution is 2.34. The molecule has 0 bridgehead atoms. The second-order valence-electron chi connectivity index (χ2n) is 6.57. The van der Waals surface area contributed by atoms with Crippen LogP contribution < -0.4 is 14.8 Å². The maximum Gasteiger partial charge on any atom is 0.262 e. The number of carbonyl (C=O) groups is 1. The first-order valence-electron chi connectivity index (χ1n) is 7.77. The Labute approximate surface area is 158 Å². The molecule has 0 atom stereocenters. The predicted octanol–water partition coefficient (Wildman–Crippen LogP) is 5.32. The van der Waals surface area contributed by atoms with Gasteiger partial charge in [-0.2, -0.15) is 0 Å². The van der Waals surface area contributed by atoms with Gasteiger partial charge in [0.25, 0.3) is 5.91 Å². The summed E-state index contributed by atoms with van der Waals surface area (Å²) in [6.45, 7) is 6.08. The van der Waals surface area contributed by atoms with Crippen molar-refractivity contribution in [2.75, 3.05) is 19.0 Å². The minimum atomic E-state index is -0.306. The summed E-state index contributed by atoms with van der Waals surface area (Å²) in [6.07, 6.45) is 0. The molecule has 0 saturated heterocycles. The van der Waals surface area contributed by atoms with Crippen LogP contribution in [0.4, 0.5) is 5.69 Å². The van der Waals surface area contributed by atoms with E-state index in [0.29, 0.717) is 21.5 Å². The Hall–Kier alpha value is -1.91. The minimum absolute atomic E-state index is 0.131. The lowest BCUT2D eigenvalue weighted by Crippen LogP contribution is -2.22. The zero-order chi connectivity index (χ0) is 18.6. The van der Waals surface area contributed by atoms with Crippen molar-refractivity contribution in [3.63, 3.8) is 0 Å². The highest BCUT2D eigenvalue weighted by atomic mass is 35.5. The van der Waals surface area contributed by atoms with Gasteiger partial charge in [0.1, 0.15) is 11.5 Å². The Morgan fingerprint density at radius 2 is 1.84 bits per heavy atom. The van der Waals surface area contributed by atoms with Crippen LogP contribution in [0.2, 0.25) is 10.0 Å². The fraction of sp³-hybridized carbons (Fsp3) is 0.316. The third-order valence-electron chi connectivity index (χ3n) is 3.56. The standard InChI is InChI=1S/C19H21Cl2NO3/c1-19(2,3)14-10-13(24-4)6-8-17(14)25-11-18(23)22-16-7-5-12(20)9-15(16)21/h5-10H,11H2,1-4H3,(H,22,23). The van der Waals surface area contributed by atoms with Gasteiger partial charge in [0.15, 0.2) is 6.61 Å². The molecule has 0 fully saturated rings. The van der Waals surface area contributed by atoms with Gasteiger partial charge in [0.2, 0.25) is 0 Å². The van der Waals surface area contributed by atoms with E-state index >= 15 is 0 Å². The SMILES string of the molecule is COc1ccc(OCC(=O)Nc2ccc(Cl)cc2Cl)c(C(C)(C)C)c1. The number of benzene rings is 2. The van der Waals surface area contributed by atoms with E-state index in [4.69, 9.17) is 32.7 Å². The topological polar surface area (TPSA) is 47.6 Å². The first-order valence-corrected chi connectivity index (χ1v) is 8.52. The van der Waals surface area contributed by atoms with Crippen molar-refractivity contribution in [3.8, 4) is 11.5 Å². The zero-order valence-electron chi connectivity index (χ0n) is 14.7. The molecule has 1 N–H and O–H groups in total. The molecule has 0 radical (unpaired) electrons. The fourth-order valence-electron chi connectivity index (χ4n) is 2.27. The Balaban J connectivity index is 2.09. The van der Waals surface area contributed by atoms with Gasteiger partial charge in [-0.1, -0.05) is 44.0 Å². The van der Waals surface area contributed by atoms with E-state index in [1.807, 2.05) is 12.1 Å². The van der Waals surface area contributed by atoms with Crippen molar-refractivity contribution < 1.29 is 14.3 Å². The molecule has 25 heavy (non-hydrogen) atoms. The Morgan fingerprint density at radius 3 is 2.44 bits per heavy atom. The van der Waals surface area contributed by atoms with Gasteiger partial charge >= 0.3 is 0 Å². The molecule has 0 aliphatic rings. The molecule has 6 heteroatoms. The average Bonchev–Trinajstić information content (AvgIpc) is 2.54. The van der Waals surface area contributed by atoms with Crippen LogP contribution in [0.1, 0.15) is 26.3 Å². The van der Waals surface area contributed by atoms with E-state index in [-0.39, 0.29) is 17.9 Å². The van der Waals surface area contributed by atoms with Crippen molar-refractivity contribution in [2.24, 2.45) is 0 Å². The zero-order valence-corrected chi connectivity index (χ0v) is 16.2. The van der Waals surface area contributed by atoms with E-state index in [9.17, 15) is 4.79 Å². The van der Waals surface area contributed by atoms with E-state index in [0.717, 1.165) is 11.3 Å². The molecule has 2 rings (SSSR count). The van der Waals surface area contributed by atoms with E-state index in [1.54, 1.807) is 31.4 Å². The van der Waals surface area contributed by atoms with Crippen molar-refractivity contribution >= 4 is 34.8 Å². The third-order valence-corrected chi connectivity index (χ3v) is 4.11. The molecule has 0 aliphatic heterocycles. The molecule has 0 aliphatic carbocycles. The molecule has 2 aromatic rings. The van der Waals surface area contributed by atoms with Gasteiger partial charge < -0.3 is 14.8 Å². The van der Waals surface area contributed by atoms with Crippen LogP contribution in [0.5, 0.6) is 11.5 Å². The summed E-state index contributed by atoms with van der Waals surface area (Å²) >= 11 is 11.9. The predicted molar refractivity (Wildman–Crippen MR) is 102 cm³/mol. The Morgan fingerprint density at radius 1 is 1.12 bits per heavy atom. The van der Waals surface area contributed by atoms with Gasteiger partial charge in [-0.05, 0) is 41.8 Å². The van der Waals surface area contributed by atoms with E-state index < -0.39 is 0 Å². The fourth-order valence-corrected chi connectivity index (χ4v) is 2.72. The van der Waals surface area contributed by atoms with Gasteiger partial charge in [-0.25, -0.2) is 0 Å². The molecule has 134 valence electrons. The number of methoxy groups -OCH3 is 1. The Bertz CT molecular complexity index is 770. The summed E-state index contributed by atoms with van der Waals surface area (Å²) in [5, 5.41) is 3.59. The minimum Gasteiger partial charge on any atom is -0.497 e. The van der Waals surface area contributed by atoms with E-state index in [1.165, 1.54) is 0 Å². The lowest BCUT2D eigenvalue weighted by Gasteiger charge is -2.23. The first-order chi connectivity index (χ1) is 11.7. The Kier molecular flexibility index (Phi) is 6.20. The van der Waals surface area contributed by atoms with Crippen LogP contribution in [0.3, 0.4) is 0 Å². The number of hydrogen-bond donors (Lipinski definition) is 1. The number of anilines is 1. The smallest absolute Gasteiger partial charge is 0.262 e. The normalized spacial score (nSPS) is 11.1. The average molecular weight is 382 g/mol. The highest BCUT2D eigenvalue weighted by molar-refractivity contribution is 6.36. The molecule has 2 aromatic carbocycles. The van der Waals surface area contributed by atoms with Crippen LogP contribution in [0.15, 0.2) is 36.4 Å². The van der Waals surface area contributed by atoms with Crippen LogP contribution >= 0.6 is 23.2 Å². The van der Waals surface area contributed by atoms with Gasteiger partial charge in [-0.3, -0.25) is 4.79 Å². The molecule has 0 saturated carbocycles. The quantitative estimate of drug-likeness (QED) is 0.762. The number of hydrogen-bond acceptors (Lipinski definition) is 3. The third kappa shape index (κ3) is 5.28. The van der Waals surface area contributed by atoms with Gasteiger partial charge in [-0.15, -0.1) is 0 Å². The number of nitrogens with one attached hydrogen (secondary N) is 1. The number of rotatable bonds is 5. The molecule has 0 unspecified atom stereocenters. The summed E-state index contributed by atoms with van der Waals surface area (Å²) in [5.74, 6) is 1.08. The molecule has 4 nitrogen and oxygen atoms in total. The van der Waals surface area contributed by atoms with Crippen molar-refractivity contribution in [1.29, 1.82) is 0 Å². The lowest BCUT2D eigenvalue weighted by molar-refractivity contribution is -0.118. The molecular weight excluding hydrogens is 361 g/mol. The van der Waals surface area contributed by atoms with E-state index in [2.05, 4.69) is 26.1 Å². The van der Waals surface area contributed by atoms with Crippen molar-refractivity contribution in [3.05, 3.63) is 52.0 Å². The van der Waals surface area contributed by atoms with Gasteiger partial charge in [0, 0.05) is 10.6 Å². The summed E-state index contributed by atoms with van der Waals surface area (Å²) < 4.78 is 11.0. The number of carbonyl (C=O) groups excluding carboxylic acids is 1. The van der Waals surface area contributed by atoms with Gasteiger partial charge in [0.05, 0.1) is 17.8 Å². The molecule has 0 heterocycles. The largest absolute Gasteiger partial charge is 0.497 e. The van der Waals surface area contributed by atoms with Crippen LogP contribution in [-0.4, -0.2) is 19.6 Å². The summed E-state index contributed by atoms with van der Waals surface area (Å²) in [4.78, 5) is 12.2. The maximum atomic E-state index is 12.2. The summed E-state index contributed by atoms with van der Waals surface area (Å²) in [7, 11) is 1.62. The highest BCUT2D eigenvalue weighted by Gasteiger charge is 2.20. The number of halogens is 2.